The zero-order valence-corrected chi connectivity index (χ0v) is 13.8. The molecule has 0 saturated carbocycles. The molecule has 0 fully saturated rings. The van der Waals surface area contributed by atoms with Crippen LogP contribution in [0.25, 0.3) is 0 Å². The molecule has 3 aromatic rings. The van der Waals surface area contributed by atoms with Gasteiger partial charge in [0.15, 0.2) is 5.82 Å². The normalized spacial score (nSPS) is 10.5. The van der Waals surface area contributed by atoms with Crippen molar-refractivity contribution in [1.82, 2.24) is 15.1 Å². The van der Waals surface area contributed by atoms with E-state index in [0.29, 0.717) is 28.7 Å². The highest BCUT2D eigenvalue weighted by Crippen LogP contribution is 2.26. The summed E-state index contributed by atoms with van der Waals surface area (Å²) >= 11 is 1.45. The summed E-state index contributed by atoms with van der Waals surface area (Å²) in [5.41, 5.74) is 1.21. The average Bonchev–Trinajstić information content (AvgIpc) is 3.04. The summed E-state index contributed by atoms with van der Waals surface area (Å²) in [5.74, 6) is 1.22. The van der Waals surface area contributed by atoms with Gasteiger partial charge in [0.1, 0.15) is 6.61 Å². The molecule has 0 aliphatic heterocycles. The molecule has 24 heavy (non-hydrogen) atoms. The highest BCUT2D eigenvalue weighted by atomic mass is 32.2. The summed E-state index contributed by atoms with van der Waals surface area (Å²) in [7, 11) is 0. The van der Waals surface area contributed by atoms with E-state index in [0.717, 1.165) is 4.90 Å². The second-order valence-corrected chi connectivity index (χ2v) is 5.93. The van der Waals surface area contributed by atoms with Gasteiger partial charge in [0, 0.05) is 11.1 Å². The van der Waals surface area contributed by atoms with Crippen LogP contribution in [0.2, 0.25) is 0 Å². The first-order valence-corrected chi connectivity index (χ1v) is 8.29. The van der Waals surface area contributed by atoms with Crippen molar-refractivity contribution in [2.75, 3.05) is 0 Å². The fourth-order valence-corrected chi connectivity index (χ4v) is 2.88. The topological polar surface area (TPSA) is 78.1 Å². The molecule has 0 aliphatic rings. The minimum absolute atomic E-state index is 0.140. The first-order chi connectivity index (χ1) is 11.7. The van der Waals surface area contributed by atoms with Gasteiger partial charge in [-0.1, -0.05) is 23.4 Å². The Morgan fingerprint density at radius 3 is 2.79 bits per heavy atom. The quantitative estimate of drug-likeness (QED) is 0.502. The summed E-state index contributed by atoms with van der Waals surface area (Å²) in [4.78, 5) is 21.4. The van der Waals surface area contributed by atoms with Crippen LogP contribution in [0, 0.1) is 6.92 Å². The lowest BCUT2D eigenvalue weighted by atomic mass is 10.2. The Morgan fingerprint density at radius 2 is 2.04 bits per heavy atom. The smallest absolute Gasteiger partial charge is 0.339 e. The molecule has 0 aliphatic carbocycles. The lowest BCUT2D eigenvalue weighted by Crippen LogP contribution is -2.07. The maximum absolute atomic E-state index is 12.3. The van der Waals surface area contributed by atoms with Gasteiger partial charge in [0.25, 0.3) is 0 Å². The number of carbonyl (C=O) groups excluding carboxylic acids is 1. The molecule has 0 radical (unpaired) electrons. The summed E-state index contributed by atoms with van der Waals surface area (Å²) < 4.78 is 10.4. The van der Waals surface area contributed by atoms with Crippen molar-refractivity contribution in [3.8, 4) is 0 Å². The second kappa shape index (κ2) is 7.74. The van der Waals surface area contributed by atoms with Crippen molar-refractivity contribution in [2.24, 2.45) is 0 Å². The number of aromatic nitrogens is 3. The van der Waals surface area contributed by atoms with Crippen molar-refractivity contribution >= 4 is 17.7 Å². The molecule has 0 saturated heterocycles. The number of esters is 1. The number of carbonyl (C=O) groups is 1. The number of nitrogens with zero attached hydrogens (tertiary/aromatic N) is 3. The molecule has 2 heterocycles. The predicted octanol–water partition coefficient (Wildman–Crippen LogP) is 3.42. The monoisotopic (exact) mass is 341 g/mol. The van der Waals surface area contributed by atoms with Crippen molar-refractivity contribution in [2.45, 2.75) is 24.2 Å². The van der Waals surface area contributed by atoms with E-state index < -0.39 is 0 Å². The number of thioether (sulfide) groups is 1. The molecule has 6 nitrogen and oxygen atoms in total. The summed E-state index contributed by atoms with van der Waals surface area (Å²) in [5, 5.41) is 3.75. The van der Waals surface area contributed by atoms with Gasteiger partial charge in [-0.15, -0.1) is 11.8 Å². The number of hydrogen-bond acceptors (Lipinski definition) is 7. The van der Waals surface area contributed by atoms with Crippen molar-refractivity contribution in [3.63, 3.8) is 0 Å². The molecule has 0 bridgehead atoms. The summed E-state index contributed by atoms with van der Waals surface area (Å²) in [6.45, 7) is 1.90. The van der Waals surface area contributed by atoms with Crippen LogP contribution < -0.4 is 0 Å². The van der Waals surface area contributed by atoms with Crippen molar-refractivity contribution < 1.29 is 14.1 Å². The van der Waals surface area contributed by atoms with E-state index >= 15 is 0 Å². The molecule has 0 amide bonds. The van der Waals surface area contributed by atoms with Gasteiger partial charge in [0.2, 0.25) is 5.89 Å². The lowest BCUT2D eigenvalue weighted by molar-refractivity contribution is 0.0463. The van der Waals surface area contributed by atoms with Crippen LogP contribution in [0.4, 0.5) is 0 Å². The maximum atomic E-state index is 12.3. The lowest BCUT2D eigenvalue weighted by Gasteiger charge is -2.08. The van der Waals surface area contributed by atoms with Gasteiger partial charge in [-0.2, -0.15) is 4.98 Å². The van der Waals surface area contributed by atoms with E-state index in [-0.39, 0.29) is 12.6 Å². The molecule has 0 atom stereocenters. The maximum Gasteiger partial charge on any atom is 0.339 e. The summed E-state index contributed by atoms with van der Waals surface area (Å²) in [6, 6.07) is 12.8. The van der Waals surface area contributed by atoms with Crippen LogP contribution in [0.1, 0.15) is 27.8 Å². The minimum Gasteiger partial charge on any atom is -0.456 e. The number of hydrogen-bond donors (Lipinski definition) is 0. The zero-order chi connectivity index (χ0) is 16.8. The fourth-order valence-electron chi connectivity index (χ4n) is 2.00. The molecule has 0 spiro atoms. The van der Waals surface area contributed by atoms with Gasteiger partial charge in [0.05, 0.1) is 17.0 Å². The Morgan fingerprint density at radius 1 is 1.21 bits per heavy atom. The Balaban J connectivity index is 1.65. The van der Waals surface area contributed by atoms with Crippen LogP contribution in [0.15, 0.2) is 58.1 Å². The van der Waals surface area contributed by atoms with Crippen LogP contribution >= 0.6 is 11.8 Å². The van der Waals surface area contributed by atoms with E-state index in [9.17, 15) is 4.79 Å². The van der Waals surface area contributed by atoms with Gasteiger partial charge in [-0.05, 0) is 31.2 Å². The standard InChI is InChI=1S/C17H15N3O3S/c1-12-19-16(23-20-12)11-24-15-8-3-2-7-14(15)17(21)22-10-13-6-4-5-9-18-13/h2-9H,10-11H2,1H3. The van der Waals surface area contributed by atoms with E-state index in [1.54, 1.807) is 25.3 Å². The third-order valence-corrected chi connectivity index (χ3v) is 4.16. The van der Waals surface area contributed by atoms with Gasteiger partial charge in [-0.3, -0.25) is 4.98 Å². The van der Waals surface area contributed by atoms with Gasteiger partial charge in [-0.25, -0.2) is 4.79 Å². The molecule has 2 aromatic heterocycles. The Bertz CT molecular complexity index is 821. The predicted molar refractivity (Wildman–Crippen MR) is 88.4 cm³/mol. The number of ether oxygens (including phenoxy) is 1. The number of benzene rings is 1. The van der Waals surface area contributed by atoms with Crippen LogP contribution in [0.5, 0.6) is 0 Å². The van der Waals surface area contributed by atoms with E-state index in [4.69, 9.17) is 9.26 Å². The molecule has 3 rings (SSSR count). The van der Waals surface area contributed by atoms with Gasteiger partial charge >= 0.3 is 5.97 Å². The van der Waals surface area contributed by atoms with E-state index in [1.807, 2.05) is 30.3 Å². The largest absolute Gasteiger partial charge is 0.456 e. The Hall–Kier alpha value is -2.67. The van der Waals surface area contributed by atoms with E-state index in [1.165, 1.54) is 11.8 Å². The Labute approximate surface area is 143 Å². The van der Waals surface area contributed by atoms with Crippen LogP contribution in [-0.2, 0) is 17.1 Å². The summed E-state index contributed by atoms with van der Waals surface area (Å²) in [6.07, 6.45) is 1.67. The number of pyridine rings is 1. The highest BCUT2D eigenvalue weighted by Gasteiger charge is 2.14. The SMILES string of the molecule is Cc1noc(CSc2ccccc2C(=O)OCc2ccccn2)n1. The number of aryl methyl sites for hydroxylation is 1. The molecule has 1 aromatic carbocycles. The molecule has 122 valence electrons. The first kappa shape index (κ1) is 16.2. The Kier molecular flexibility index (Phi) is 5.22. The molecular weight excluding hydrogens is 326 g/mol. The molecule has 7 heteroatoms. The van der Waals surface area contributed by atoms with Crippen LogP contribution in [0.3, 0.4) is 0 Å². The molecule has 0 unspecified atom stereocenters. The minimum atomic E-state index is -0.384. The molecule has 0 N–H and O–H groups in total. The highest BCUT2D eigenvalue weighted by molar-refractivity contribution is 7.98. The van der Waals surface area contributed by atoms with Gasteiger partial charge < -0.3 is 9.26 Å². The van der Waals surface area contributed by atoms with E-state index in [2.05, 4.69) is 15.1 Å². The third-order valence-electron chi connectivity index (χ3n) is 3.11. The third kappa shape index (κ3) is 4.20. The van der Waals surface area contributed by atoms with Crippen molar-refractivity contribution in [3.05, 3.63) is 71.6 Å². The van der Waals surface area contributed by atoms with Crippen molar-refractivity contribution in [1.29, 1.82) is 0 Å². The second-order valence-electron chi connectivity index (χ2n) is 4.92. The van der Waals surface area contributed by atoms with Crippen LogP contribution in [-0.4, -0.2) is 21.1 Å². The first-order valence-electron chi connectivity index (χ1n) is 7.30. The average molecular weight is 341 g/mol. The number of rotatable bonds is 6. The fraction of sp³-hybridized carbons (Fsp3) is 0.176. The molecular formula is C17H15N3O3S. The zero-order valence-electron chi connectivity index (χ0n) is 13.0.